The Morgan fingerprint density at radius 1 is 1.40 bits per heavy atom. The summed E-state index contributed by atoms with van der Waals surface area (Å²) in [5, 5.41) is 8.70. The zero-order valence-electron chi connectivity index (χ0n) is 12.9. The summed E-state index contributed by atoms with van der Waals surface area (Å²) in [6.45, 7) is 10.00. The molecule has 1 fully saturated rings. The fourth-order valence-electron chi connectivity index (χ4n) is 2.34. The molecular weight excluding hydrogens is 260 g/mol. The van der Waals surface area contributed by atoms with Gasteiger partial charge in [0.1, 0.15) is 0 Å². The van der Waals surface area contributed by atoms with E-state index in [1.807, 2.05) is 32.6 Å². The summed E-state index contributed by atoms with van der Waals surface area (Å²) in [5.41, 5.74) is -0.324. The van der Waals surface area contributed by atoms with E-state index in [0.29, 0.717) is 32.7 Å². The first-order valence-corrected chi connectivity index (χ1v) is 7.13. The van der Waals surface area contributed by atoms with Crippen molar-refractivity contribution in [2.24, 2.45) is 0 Å². The molecule has 1 saturated heterocycles. The second kappa shape index (κ2) is 6.92. The minimum absolute atomic E-state index is 0.0290. The topological polar surface area (TPSA) is 70.1 Å². The molecule has 2 amide bonds. The lowest BCUT2D eigenvalue weighted by Crippen LogP contribution is -2.60. The standard InChI is InChI=1S/C14H26N2O4/c1-11(2)15(7-5-6-12(17)18)13(19)16-8-9-20-10-14(16,3)4/h11H,5-10H2,1-4H3,(H,17,18). The monoisotopic (exact) mass is 286 g/mol. The molecule has 116 valence electrons. The number of aliphatic carboxylic acids is 1. The molecule has 6 heteroatoms. The highest BCUT2D eigenvalue weighted by atomic mass is 16.5. The molecule has 0 atom stereocenters. The highest BCUT2D eigenvalue weighted by molar-refractivity contribution is 5.76. The largest absolute Gasteiger partial charge is 0.481 e. The van der Waals surface area contributed by atoms with Gasteiger partial charge in [0.25, 0.3) is 0 Å². The molecular formula is C14H26N2O4. The highest BCUT2D eigenvalue weighted by Gasteiger charge is 2.36. The third-order valence-electron chi connectivity index (χ3n) is 3.53. The van der Waals surface area contributed by atoms with Crippen LogP contribution >= 0.6 is 0 Å². The fraction of sp³-hybridized carbons (Fsp3) is 0.857. The van der Waals surface area contributed by atoms with E-state index in [0.717, 1.165) is 0 Å². The molecule has 1 rings (SSSR count). The molecule has 0 aromatic carbocycles. The number of carboxylic acids is 1. The van der Waals surface area contributed by atoms with Crippen molar-refractivity contribution in [2.45, 2.75) is 52.1 Å². The Morgan fingerprint density at radius 2 is 2.05 bits per heavy atom. The summed E-state index contributed by atoms with van der Waals surface area (Å²) in [6.07, 6.45) is 0.563. The summed E-state index contributed by atoms with van der Waals surface area (Å²) in [4.78, 5) is 26.9. The molecule has 0 aromatic heterocycles. The second-order valence-corrected chi connectivity index (χ2v) is 6.08. The smallest absolute Gasteiger partial charge is 0.320 e. The van der Waals surface area contributed by atoms with E-state index < -0.39 is 5.97 Å². The number of ether oxygens (including phenoxy) is 1. The lowest BCUT2D eigenvalue weighted by atomic mass is 10.0. The van der Waals surface area contributed by atoms with Gasteiger partial charge in [0.2, 0.25) is 0 Å². The maximum Gasteiger partial charge on any atom is 0.320 e. The van der Waals surface area contributed by atoms with E-state index in [-0.39, 0.29) is 24.0 Å². The number of carboxylic acid groups (broad SMARTS) is 1. The first-order chi connectivity index (χ1) is 9.25. The van der Waals surface area contributed by atoms with Crippen LogP contribution in [0.25, 0.3) is 0 Å². The third kappa shape index (κ3) is 4.37. The number of nitrogens with zero attached hydrogens (tertiary/aromatic N) is 2. The van der Waals surface area contributed by atoms with Crippen LogP contribution in [0.3, 0.4) is 0 Å². The maximum absolute atomic E-state index is 12.7. The zero-order valence-corrected chi connectivity index (χ0v) is 12.9. The van der Waals surface area contributed by atoms with Gasteiger partial charge in [-0.05, 0) is 34.1 Å². The summed E-state index contributed by atoms with van der Waals surface area (Å²) in [7, 11) is 0. The number of hydrogen-bond donors (Lipinski definition) is 1. The fourth-order valence-corrected chi connectivity index (χ4v) is 2.34. The number of urea groups is 1. The van der Waals surface area contributed by atoms with Crippen LogP contribution in [0.5, 0.6) is 0 Å². The molecule has 1 N–H and O–H groups in total. The van der Waals surface area contributed by atoms with E-state index in [1.54, 1.807) is 4.90 Å². The number of amides is 2. The first kappa shape index (κ1) is 16.8. The molecule has 6 nitrogen and oxygen atoms in total. The number of carbonyl (C=O) groups excluding carboxylic acids is 1. The lowest BCUT2D eigenvalue weighted by molar-refractivity contribution is -0.137. The Balaban J connectivity index is 2.70. The van der Waals surface area contributed by atoms with Crippen LogP contribution in [0.4, 0.5) is 4.79 Å². The molecule has 0 aromatic rings. The molecule has 0 saturated carbocycles. The summed E-state index contributed by atoms with van der Waals surface area (Å²) in [6, 6.07) is 0.0219. The molecule has 0 bridgehead atoms. The normalized spacial score (nSPS) is 18.1. The molecule has 1 heterocycles. The average Bonchev–Trinajstić information content (AvgIpc) is 2.32. The minimum atomic E-state index is -0.826. The van der Waals surface area contributed by atoms with E-state index in [9.17, 15) is 9.59 Å². The summed E-state index contributed by atoms with van der Waals surface area (Å²) >= 11 is 0. The van der Waals surface area contributed by atoms with Gasteiger partial charge in [-0.15, -0.1) is 0 Å². The van der Waals surface area contributed by atoms with Gasteiger partial charge >= 0.3 is 12.0 Å². The van der Waals surface area contributed by atoms with Crippen molar-refractivity contribution >= 4 is 12.0 Å². The third-order valence-corrected chi connectivity index (χ3v) is 3.53. The maximum atomic E-state index is 12.7. The predicted molar refractivity (Wildman–Crippen MR) is 75.7 cm³/mol. The van der Waals surface area contributed by atoms with E-state index in [1.165, 1.54) is 0 Å². The van der Waals surface area contributed by atoms with Crippen LogP contribution in [-0.2, 0) is 9.53 Å². The minimum Gasteiger partial charge on any atom is -0.481 e. The van der Waals surface area contributed by atoms with Gasteiger partial charge in [0.15, 0.2) is 0 Å². The van der Waals surface area contributed by atoms with Crippen LogP contribution in [0, 0.1) is 0 Å². The van der Waals surface area contributed by atoms with Crippen molar-refractivity contribution in [1.29, 1.82) is 0 Å². The molecule has 0 radical (unpaired) electrons. The van der Waals surface area contributed by atoms with Crippen molar-refractivity contribution in [3.8, 4) is 0 Å². The van der Waals surface area contributed by atoms with Gasteiger partial charge in [-0.25, -0.2) is 4.79 Å². The first-order valence-electron chi connectivity index (χ1n) is 7.13. The Morgan fingerprint density at radius 3 is 2.55 bits per heavy atom. The summed E-state index contributed by atoms with van der Waals surface area (Å²) < 4.78 is 5.43. The van der Waals surface area contributed by atoms with Gasteiger partial charge in [0, 0.05) is 25.6 Å². The number of morpholine rings is 1. The van der Waals surface area contributed by atoms with E-state index in [4.69, 9.17) is 9.84 Å². The van der Waals surface area contributed by atoms with Crippen molar-refractivity contribution in [1.82, 2.24) is 9.80 Å². The van der Waals surface area contributed by atoms with E-state index in [2.05, 4.69) is 0 Å². The predicted octanol–water partition coefficient (Wildman–Crippen LogP) is 1.79. The van der Waals surface area contributed by atoms with Crippen LogP contribution in [-0.4, -0.2) is 64.8 Å². The molecule has 1 aliphatic heterocycles. The van der Waals surface area contributed by atoms with Crippen molar-refractivity contribution in [3.63, 3.8) is 0 Å². The summed E-state index contributed by atoms with van der Waals surface area (Å²) in [5.74, 6) is -0.826. The molecule has 0 spiro atoms. The Labute approximate surface area is 120 Å². The molecule has 0 aliphatic carbocycles. The average molecular weight is 286 g/mol. The number of carbonyl (C=O) groups is 2. The van der Waals surface area contributed by atoms with Crippen molar-refractivity contribution in [3.05, 3.63) is 0 Å². The van der Waals surface area contributed by atoms with Crippen LogP contribution in [0.2, 0.25) is 0 Å². The highest BCUT2D eigenvalue weighted by Crippen LogP contribution is 2.21. The van der Waals surface area contributed by atoms with Gasteiger partial charge in [-0.3, -0.25) is 4.79 Å². The quantitative estimate of drug-likeness (QED) is 0.836. The Kier molecular flexibility index (Phi) is 5.80. The molecule has 20 heavy (non-hydrogen) atoms. The van der Waals surface area contributed by atoms with Crippen LogP contribution < -0.4 is 0 Å². The van der Waals surface area contributed by atoms with E-state index >= 15 is 0 Å². The van der Waals surface area contributed by atoms with Gasteiger partial charge < -0.3 is 19.6 Å². The van der Waals surface area contributed by atoms with Crippen molar-refractivity contribution in [2.75, 3.05) is 26.3 Å². The molecule has 0 unspecified atom stereocenters. The van der Waals surface area contributed by atoms with Crippen LogP contribution in [0.1, 0.15) is 40.5 Å². The Bertz CT molecular complexity index is 355. The number of hydrogen-bond acceptors (Lipinski definition) is 3. The molecule has 1 aliphatic rings. The SMILES string of the molecule is CC(C)N(CCCC(=O)O)C(=O)N1CCOCC1(C)C. The number of rotatable bonds is 5. The van der Waals surface area contributed by atoms with Gasteiger partial charge in [0.05, 0.1) is 18.8 Å². The lowest BCUT2D eigenvalue weighted by Gasteiger charge is -2.45. The zero-order chi connectivity index (χ0) is 15.3. The Hall–Kier alpha value is -1.30. The second-order valence-electron chi connectivity index (χ2n) is 6.08. The van der Waals surface area contributed by atoms with Gasteiger partial charge in [-0.1, -0.05) is 0 Å². The van der Waals surface area contributed by atoms with Crippen LogP contribution in [0.15, 0.2) is 0 Å². The van der Waals surface area contributed by atoms with Crippen molar-refractivity contribution < 1.29 is 19.4 Å². The van der Waals surface area contributed by atoms with Gasteiger partial charge in [-0.2, -0.15) is 0 Å².